The van der Waals surface area contributed by atoms with Crippen LogP contribution in [0.3, 0.4) is 0 Å². The third-order valence-electron chi connectivity index (χ3n) is 3.54. The third-order valence-corrected chi connectivity index (χ3v) is 3.54. The maximum absolute atomic E-state index is 11.8. The highest BCUT2D eigenvalue weighted by Gasteiger charge is 2.31. The highest BCUT2D eigenvalue weighted by molar-refractivity contribution is 5.75. The summed E-state index contributed by atoms with van der Waals surface area (Å²) in [6, 6.07) is -0.190. The van der Waals surface area contributed by atoms with Gasteiger partial charge in [0.15, 0.2) is 5.82 Å². The van der Waals surface area contributed by atoms with Crippen LogP contribution in [0.1, 0.15) is 51.7 Å². The van der Waals surface area contributed by atoms with Crippen molar-refractivity contribution in [3.05, 3.63) is 11.7 Å². The second-order valence-electron chi connectivity index (χ2n) is 6.27. The van der Waals surface area contributed by atoms with Crippen LogP contribution in [0.5, 0.6) is 0 Å². The number of ether oxygens (including phenoxy) is 1. The van der Waals surface area contributed by atoms with E-state index in [1.54, 1.807) is 0 Å². The maximum atomic E-state index is 11.8. The summed E-state index contributed by atoms with van der Waals surface area (Å²) in [7, 11) is 1.43. The van der Waals surface area contributed by atoms with Crippen LogP contribution in [0.4, 0.5) is 0 Å². The third kappa shape index (κ3) is 3.36. The predicted octanol–water partition coefficient (Wildman–Crippen LogP) is 1.89. The molecule has 1 unspecified atom stereocenters. The van der Waals surface area contributed by atoms with Crippen LogP contribution < -0.4 is 0 Å². The zero-order chi connectivity index (χ0) is 14.8. The van der Waals surface area contributed by atoms with E-state index in [1.807, 2.05) is 20.8 Å². The molecule has 0 amide bonds. The number of esters is 1. The topological polar surface area (TPSA) is 68.5 Å². The Morgan fingerprint density at radius 3 is 2.80 bits per heavy atom. The Bertz CT molecular complexity index is 464. The molecule has 1 aliphatic heterocycles. The molecule has 0 saturated carbocycles. The van der Waals surface area contributed by atoms with Crippen LogP contribution in [-0.4, -0.2) is 40.7 Å². The van der Waals surface area contributed by atoms with E-state index >= 15 is 0 Å². The molecular weight excluding hydrogens is 258 g/mol. The van der Waals surface area contributed by atoms with E-state index < -0.39 is 0 Å². The van der Waals surface area contributed by atoms with Crippen molar-refractivity contribution in [2.75, 3.05) is 13.7 Å². The fourth-order valence-electron chi connectivity index (χ4n) is 2.39. The summed E-state index contributed by atoms with van der Waals surface area (Å²) < 4.78 is 10.2. The number of nitrogens with zero attached hydrogens (tertiary/aromatic N) is 3. The summed E-state index contributed by atoms with van der Waals surface area (Å²) in [5.41, 5.74) is -0.158. The van der Waals surface area contributed by atoms with E-state index in [4.69, 9.17) is 9.26 Å². The summed E-state index contributed by atoms with van der Waals surface area (Å²) in [4.78, 5) is 18.3. The van der Waals surface area contributed by atoms with Gasteiger partial charge in [-0.2, -0.15) is 4.98 Å². The van der Waals surface area contributed by atoms with Crippen molar-refractivity contribution in [2.24, 2.45) is 0 Å². The minimum Gasteiger partial charge on any atom is -0.468 e. The van der Waals surface area contributed by atoms with Crippen molar-refractivity contribution in [1.29, 1.82) is 0 Å². The van der Waals surface area contributed by atoms with Gasteiger partial charge in [0.25, 0.3) is 0 Å². The molecule has 0 aliphatic carbocycles. The first kappa shape index (κ1) is 15.0. The molecule has 1 atom stereocenters. The molecule has 0 radical (unpaired) electrons. The Kier molecular flexibility index (Phi) is 4.42. The molecule has 1 aliphatic rings. The van der Waals surface area contributed by atoms with Gasteiger partial charge in [0.05, 0.1) is 13.7 Å². The SMILES string of the molecule is COC(=O)C1CCCCN1Cc1noc(C(C)(C)C)n1. The van der Waals surface area contributed by atoms with E-state index in [9.17, 15) is 4.79 Å². The maximum Gasteiger partial charge on any atom is 0.323 e. The Labute approximate surface area is 119 Å². The van der Waals surface area contributed by atoms with E-state index in [-0.39, 0.29) is 17.4 Å². The summed E-state index contributed by atoms with van der Waals surface area (Å²) >= 11 is 0. The standard InChI is InChI=1S/C14H23N3O3/c1-14(2,3)13-15-11(16-20-13)9-17-8-6-5-7-10(17)12(18)19-4/h10H,5-9H2,1-4H3. The van der Waals surface area contributed by atoms with Crippen molar-refractivity contribution in [3.8, 4) is 0 Å². The number of carbonyl (C=O) groups excluding carboxylic acids is 1. The Morgan fingerprint density at radius 2 is 2.20 bits per heavy atom. The minimum atomic E-state index is -0.190. The molecule has 1 saturated heterocycles. The lowest BCUT2D eigenvalue weighted by atomic mass is 9.97. The number of carbonyl (C=O) groups is 1. The van der Waals surface area contributed by atoms with Crippen LogP contribution in [0.2, 0.25) is 0 Å². The number of likely N-dealkylation sites (tertiary alicyclic amines) is 1. The van der Waals surface area contributed by atoms with Gasteiger partial charge in [0.1, 0.15) is 6.04 Å². The van der Waals surface area contributed by atoms with Gasteiger partial charge in [-0.05, 0) is 19.4 Å². The van der Waals surface area contributed by atoms with Crippen LogP contribution in [0.25, 0.3) is 0 Å². The molecule has 0 N–H and O–H groups in total. The average molecular weight is 281 g/mol. The summed E-state index contributed by atoms with van der Waals surface area (Å²) in [6.45, 7) is 7.48. The van der Waals surface area contributed by atoms with Gasteiger partial charge in [-0.25, -0.2) is 0 Å². The average Bonchev–Trinajstić information content (AvgIpc) is 2.87. The Balaban J connectivity index is 2.07. The Morgan fingerprint density at radius 1 is 1.45 bits per heavy atom. The van der Waals surface area contributed by atoms with Gasteiger partial charge < -0.3 is 9.26 Å². The van der Waals surface area contributed by atoms with E-state index in [0.717, 1.165) is 25.8 Å². The number of methoxy groups -OCH3 is 1. The second-order valence-corrected chi connectivity index (χ2v) is 6.27. The summed E-state index contributed by atoms with van der Waals surface area (Å²) in [6.07, 6.45) is 2.96. The monoisotopic (exact) mass is 281 g/mol. The van der Waals surface area contributed by atoms with Gasteiger partial charge in [0.2, 0.25) is 5.89 Å². The zero-order valence-electron chi connectivity index (χ0n) is 12.7. The molecule has 6 heteroatoms. The highest BCUT2D eigenvalue weighted by atomic mass is 16.5. The lowest BCUT2D eigenvalue weighted by Gasteiger charge is -2.32. The number of hydrogen-bond donors (Lipinski definition) is 0. The first-order valence-electron chi connectivity index (χ1n) is 7.07. The normalized spacial score (nSPS) is 20.9. The summed E-state index contributed by atoms with van der Waals surface area (Å²) in [5, 5.41) is 4.02. The number of rotatable bonds is 3. The van der Waals surface area contributed by atoms with Crippen LogP contribution in [0.15, 0.2) is 4.52 Å². The number of hydrogen-bond acceptors (Lipinski definition) is 6. The highest BCUT2D eigenvalue weighted by Crippen LogP contribution is 2.22. The molecule has 6 nitrogen and oxygen atoms in total. The number of aromatic nitrogens is 2. The minimum absolute atomic E-state index is 0.158. The van der Waals surface area contributed by atoms with Crippen LogP contribution in [0, 0.1) is 0 Å². The molecule has 2 heterocycles. The molecule has 20 heavy (non-hydrogen) atoms. The zero-order valence-corrected chi connectivity index (χ0v) is 12.7. The van der Waals surface area contributed by atoms with E-state index in [1.165, 1.54) is 7.11 Å². The fraction of sp³-hybridized carbons (Fsp3) is 0.786. The quantitative estimate of drug-likeness (QED) is 0.788. The van der Waals surface area contributed by atoms with E-state index in [2.05, 4.69) is 15.0 Å². The van der Waals surface area contributed by atoms with Crippen molar-refractivity contribution in [3.63, 3.8) is 0 Å². The van der Waals surface area contributed by atoms with Crippen molar-refractivity contribution >= 4 is 5.97 Å². The molecule has 1 aromatic heterocycles. The molecule has 112 valence electrons. The molecule has 0 spiro atoms. The summed E-state index contributed by atoms with van der Waals surface area (Å²) in [5.74, 6) is 1.08. The van der Waals surface area contributed by atoms with Gasteiger partial charge in [0, 0.05) is 5.41 Å². The largest absolute Gasteiger partial charge is 0.468 e. The lowest BCUT2D eigenvalue weighted by molar-refractivity contribution is -0.148. The first-order chi connectivity index (χ1) is 9.41. The number of piperidine rings is 1. The predicted molar refractivity (Wildman–Crippen MR) is 73.1 cm³/mol. The van der Waals surface area contributed by atoms with Gasteiger partial charge in [-0.15, -0.1) is 0 Å². The fourth-order valence-corrected chi connectivity index (χ4v) is 2.39. The molecule has 0 aromatic carbocycles. The van der Waals surface area contributed by atoms with Crippen molar-refractivity contribution in [1.82, 2.24) is 15.0 Å². The molecule has 2 rings (SSSR count). The Hall–Kier alpha value is -1.43. The first-order valence-corrected chi connectivity index (χ1v) is 7.07. The van der Waals surface area contributed by atoms with Gasteiger partial charge >= 0.3 is 5.97 Å². The molecule has 0 bridgehead atoms. The molecule has 1 aromatic rings. The molecule has 1 fully saturated rings. The van der Waals surface area contributed by atoms with Gasteiger partial charge in [-0.1, -0.05) is 32.3 Å². The van der Waals surface area contributed by atoms with Crippen molar-refractivity contribution in [2.45, 2.75) is 58.0 Å². The van der Waals surface area contributed by atoms with Crippen LogP contribution >= 0.6 is 0 Å². The van der Waals surface area contributed by atoms with Crippen molar-refractivity contribution < 1.29 is 14.1 Å². The second kappa shape index (κ2) is 5.91. The van der Waals surface area contributed by atoms with Crippen LogP contribution in [-0.2, 0) is 21.5 Å². The lowest BCUT2D eigenvalue weighted by Crippen LogP contribution is -2.44. The van der Waals surface area contributed by atoms with Gasteiger partial charge in [-0.3, -0.25) is 9.69 Å². The smallest absolute Gasteiger partial charge is 0.323 e. The van der Waals surface area contributed by atoms with E-state index in [0.29, 0.717) is 18.3 Å². The molecular formula is C14H23N3O3.